The van der Waals surface area contributed by atoms with E-state index in [9.17, 15) is 29.1 Å². The second-order valence-corrected chi connectivity index (χ2v) is 9.41. The van der Waals surface area contributed by atoms with Crippen LogP contribution in [0.2, 0.25) is 0 Å². The van der Waals surface area contributed by atoms with Crippen LogP contribution in [0.4, 0.5) is 0 Å². The van der Waals surface area contributed by atoms with Gasteiger partial charge >= 0.3 is 5.97 Å². The number of carbonyl (C=O) groups is 5. The van der Waals surface area contributed by atoms with Gasteiger partial charge < -0.3 is 26.0 Å². The number of allylic oxidation sites excluding steroid dienone is 1. The molecule has 2 rings (SSSR count). The molecule has 1 aliphatic heterocycles. The van der Waals surface area contributed by atoms with Gasteiger partial charge in [0.1, 0.15) is 24.2 Å². The van der Waals surface area contributed by atoms with Gasteiger partial charge in [0, 0.05) is 12.6 Å². The molecule has 1 aliphatic rings. The van der Waals surface area contributed by atoms with Crippen LogP contribution in [0.25, 0.3) is 5.57 Å². The molecule has 1 heterocycles. The minimum atomic E-state index is -1.14. The quantitative estimate of drug-likeness (QED) is 0.357. The Balaban J connectivity index is 1.94. The first-order valence-corrected chi connectivity index (χ1v) is 12.1. The molecule has 1 saturated heterocycles. The number of benzene rings is 1. The van der Waals surface area contributed by atoms with Crippen LogP contribution in [-0.2, 0) is 24.0 Å². The molecular formula is C26H36N4O6. The van der Waals surface area contributed by atoms with E-state index in [-0.39, 0.29) is 5.92 Å². The van der Waals surface area contributed by atoms with E-state index in [1.165, 1.54) is 24.8 Å². The first kappa shape index (κ1) is 28.5. The van der Waals surface area contributed by atoms with Gasteiger partial charge in [-0.2, -0.15) is 0 Å². The van der Waals surface area contributed by atoms with Crippen molar-refractivity contribution < 1.29 is 29.1 Å². The van der Waals surface area contributed by atoms with Crippen LogP contribution >= 0.6 is 0 Å². The first-order valence-electron chi connectivity index (χ1n) is 12.1. The number of nitrogens with zero attached hydrogens (tertiary/aromatic N) is 1. The Hall–Kier alpha value is -3.69. The first-order chi connectivity index (χ1) is 16.9. The average molecular weight is 501 g/mol. The molecule has 4 atom stereocenters. The zero-order valence-electron chi connectivity index (χ0n) is 21.4. The van der Waals surface area contributed by atoms with Gasteiger partial charge in [-0.1, -0.05) is 44.2 Å². The van der Waals surface area contributed by atoms with Crippen LogP contribution in [0.1, 0.15) is 53.0 Å². The highest BCUT2D eigenvalue weighted by Gasteiger charge is 2.38. The number of rotatable bonds is 10. The van der Waals surface area contributed by atoms with E-state index in [2.05, 4.69) is 16.0 Å². The molecule has 4 amide bonds. The van der Waals surface area contributed by atoms with Crippen molar-refractivity contribution >= 4 is 35.2 Å². The summed E-state index contributed by atoms with van der Waals surface area (Å²) in [5, 5.41) is 17.0. The molecule has 1 fully saturated rings. The normalized spacial score (nSPS) is 18.2. The minimum Gasteiger partial charge on any atom is -0.480 e. The number of hydrogen-bond donors (Lipinski definition) is 4. The molecule has 196 valence electrons. The highest BCUT2D eigenvalue weighted by molar-refractivity contribution is 5.98. The van der Waals surface area contributed by atoms with E-state index in [1.54, 1.807) is 20.8 Å². The Bertz CT molecular complexity index is 1010. The number of carboxylic acid groups (broad SMARTS) is 1. The smallest absolute Gasteiger partial charge is 0.326 e. The van der Waals surface area contributed by atoms with Gasteiger partial charge in [-0.15, -0.1) is 0 Å². The summed E-state index contributed by atoms with van der Waals surface area (Å²) in [6, 6.07) is 5.65. The second kappa shape index (κ2) is 12.9. The molecule has 0 unspecified atom stereocenters. The van der Waals surface area contributed by atoms with Gasteiger partial charge in [-0.3, -0.25) is 19.2 Å². The average Bonchev–Trinajstić information content (AvgIpc) is 3.31. The molecule has 10 nitrogen and oxygen atoms in total. The number of hydrogen-bond acceptors (Lipinski definition) is 5. The van der Waals surface area contributed by atoms with Crippen LogP contribution < -0.4 is 16.0 Å². The van der Waals surface area contributed by atoms with E-state index < -0.39 is 53.8 Å². The molecular weight excluding hydrogens is 464 g/mol. The van der Waals surface area contributed by atoms with Gasteiger partial charge in [0.05, 0.1) is 0 Å². The highest BCUT2D eigenvalue weighted by Crippen LogP contribution is 2.19. The SMILES string of the molecule is C/C(=C/C(=O)N[C@@H](C)C(=O)N[C@@H](C)C(=O)N1CCC[C@H]1C(=O)N[C@H](C(=O)O)C(C)C)c1ccccc1. The van der Waals surface area contributed by atoms with Crippen LogP contribution in [0.3, 0.4) is 0 Å². The van der Waals surface area contributed by atoms with Crippen LogP contribution in [0, 0.1) is 5.92 Å². The summed E-state index contributed by atoms with van der Waals surface area (Å²) in [4.78, 5) is 63.5. The zero-order valence-corrected chi connectivity index (χ0v) is 21.4. The lowest BCUT2D eigenvalue weighted by atomic mass is 10.0. The summed E-state index contributed by atoms with van der Waals surface area (Å²) in [5.41, 5.74) is 1.63. The van der Waals surface area contributed by atoms with Gasteiger partial charge in [0.15, 0.2) is 0 Å². The molecule has 0 aliphatic carbocycles. The highest BCUT2D eigenvalue weighted by atomic mass is 16.4. The Labute approximate surface area is 211 Å². The maximum atomic E-state index is 13.0. The molecule has 0 spiro atoms. The molecule has 10 heteroatoms. The standard InChI is InChI=1S/C26H36N4O6/c1-15(2)22(26(35)36)29-24(33)20-12-9-13-30(20)25(34)18(5)28-23(32)17(4)27-21(31)14-16(3)19-10-7-6-8-11-19/h6-8,10-11,14-15,17-18,20,22H,9,12-13H2,1-5H3,(H,27,31)(H,28,32)(H,29,33)(H,35,36)/b16-14-/t17-,18-,20-,22-/m0/s1. The third-order valence-corrected chi connectivity index (χ3v) is 6.13. The number of nitrogens with one attached hydrogen (secondary N) is 3. The van der Waals surface area contributed by atoms with E-state index in [0.29, 0.717) is 19.4 Å². The summed E-state index contributed by atoms with van der Waals surface area (Å²) in [5.74, 6) is -3.41. The molecule has 0 saturated carbocycles. The van der Waals surface area contributed by atoms with Gasteiger partial charge in [0.2, 0.25) is 23.6 Å². The molecule has 0 aromatic heterocycles. The largest absolute Gasteiger partial charge is 0.480 e. The summed E-state index contributed by atoms with van der Waals surface area (Å²) in [6.07, 6.45) is 2.40. The second-order valence-electron chi connectivity index (χ2n) is 9.41. The fraction of sp³-hybridized carbons (Fsp3) is 0.500. The maximum absolute atomic E-state index is 13.0. The fourth-order valence-electron chi connectivity index (χ4n) is 4.02. The lowest BCUT2D eigenvalue weighted by Gasteiger charge is -2.29. The van der Waals surface area contributed by atoms with Crippen molar-refractivity contribution in [3.63, 3.8) is 0 Å². The van der Waals surface area contributed by atoms with Crippen LogP contribution in [0.5, 0.6) is 0 Å². The van der Waals surface area contributed by atoms with Crippen molar-refractivity contribution in [1.82, 2.24) is 20.9 Å². The maximum Gasteiger partial charge on any atom is 0.326 e. The van der Waals surface area contributed by atoms with Crippen molar-refractivity contribution in [1.29, 1.82) is 0 Å². The molecule has 4 N–H and O–H groups in total. The van der Waals surface area contributed by atoms with Gasteiger partial charge in [0.25, 0.3) is 0 Å². The van der Waals surface area contributed by atoms with Gasteiger partial charge in [-0.25, -0.2) is 4.79 Å². The van der Waals surface area contributed by atoms with Crippen LogP contribution in [-0.4, -0.2) is 70.3 Å². The third-order valence-electron chi connectivity index (χ3n) is 6.13. The summed E-state index contributed by atoms with van der Waals surface area (Å²) >= 11 is 0. The predicted molar refractivity (Wildman–Crippen MR) is 134 cm³/mol. The summed E-state index contributed by atoms with van der Waals surface area (Å²) < 4.78 is 0. The Morgan fingerprint density at radius 1 is 0.972 bits per heavy atom. The lowest BCUT2D eigenvalue weighted by Crippen LogP contribution is -2.56. The number of aliphatic carboxylic acids is 1. The Morgan fingerprint density at radius 3 is 2.19 bits per heavy atom. The number of likely N-dealkylation sites (tertiary alicyclic amines) is 1. The lowest BCUT2D eigenvalue weighted by molar-refractivity contribution is -0.145. The van der Waals surface area contributed by atoms with E-state index in [4.69, 9.17) is 0 Å². The van der Waals surface area contributed by atoms with Crippen molar-refractivity contribution in [3.05, 3.63) is 42.0 Å². The topological polar surface area (TPSA) is 145 Å². The number of carbonyl (C=O) groups excluding carboxylic acids is 4. The monoisotopic (exact) mass is 500 g/mol. The zero-order chi connectivity index (χ0) is 27.0. The van der Waals surface area contributed by atoms with Crippen molar-refractivity contribution in [3.8, 4) is 0 Å². The minimum absolute atomic E-state index is 0.321. The predicted octanol–water partition coefficient (Wildman–Crippen LogP) is 1.32. The Morgan fingerprint density at radius 2 is 1.61 bits per heavy atom. The molecule has 0 radical (unpaired) electrons. The van der Waals surface area contributed by atoms with Crippen molar-refractivity contribution in [2.24, 2.45) is 5.92 Å². The summed E-state index contributed by atoms with van der Waals surface area (Å²) in [6.45, 7) is 8.52. The van der Waals surface area contributed by atoms with Crippen molar-refractivity contribution in [2.75, 3.05) is 6.54 Å². The van der Waals surface area contributed by atoms with Crippen LogP contribution in [0.15, 0.2) is 36.4 Å². The third kappa shape index (κ3) is 7.66. The molecule has 0 bridgehead atoms. The molecule has 1 aromatic carbocycles. The molecule has 36 heavy (non-hydrogen) atoms. The summed E-state index contributed by atoms with van der Waals surface area (Å²) in [7, 11) is 0. The van der Waals surface area contributed by atoms with Crippen molar-refractivity contribution in [2.45, 2.75) is 71.6 Å². The molecule has 1 aromatic rings. The van der Waals surface area contributed by atoms with E-state index in [1.807, 2.05) is 30.3 Å². The number of amides is 4. The van der Waals surface area contributed by atoms with E-state index in [0.717, 1.165) is 11.1 Å². The number of carboxylic acids is 1. The van der Waals surface area contributed by atoms with E-state index >= 15 is 0 Å². The van der Waals surface area contributed by atoms with Gasteiger partial charge in [-0.05, 0) is 50.7 Å². The fourth-order valence-corrected chi connectivity index (χ4v) is 4.02. The Kier molecular flexibility index (Phi) is 10.2.